The van der Waals surface area contributed by atoms with E-state index >= 15 is 0 Å². The van der Waals surface area contributed by atoms with E-state index in [0.29, 0.717) is 15.8 Å². The summed E-state index contributed by atoms with van der Waals surface area (Å²) >= 11 is 4.32. The number of nitro groups is 1. The Morgan fingerprint density at radius 3 is 2.82 bits per heavy atom. The Labute approximate surface area is 110 Å². The molecule has 0 aliphatic heterocycles. The van der Waals surface area contributed by atoms with Crippen LogP contribution in [0.15, 0.2) is 22.7 Å². The maximum atomic E-state index is 10.8. The van der Waals surface area contributed by atoms with Crippen LogP contribution in [0, 0.1) is 10.1 Å². The van der Waals surface area contributed by atoms with Crippen molar-refractivity contribution < 1.29 is 14.8 Å². The van der Waals surface area contributed by atoms with Crippen molar-refractivity contribution in [1.29, 1.82) is 0 Å². The van der Waals surface area contributed by atoms with Crippen LogP contribution in [0.1, 0.15) is 12.5 Å². The minimum Gasteiger partial charge on any atom is -0.480 e. The maximum absolute atomic E-state index is 10.8. The van der Waals surface area contributed by atoms with Gasteiger partial charge in [0.05, 0.1) is 10.2 Å². The first kappa shape index (κ1) is 14.0. The highest BCUT2D eigenvalue weighted by atomic mass is 79.9. The summed E-state index contributed by atoms with van der Waals surface area (Å²) in [4.78, 5) is 21.0. The quantitative estimate of drug-likeness (QED) is 0.666. The van der Waals surface area contributed by atoms with Gasteiger partial charge >= 0.3 is 5.97 Å². The second kappa shape index (κ2) is 6.02. The third kappa shape index (κ3) is 4.01. The van der Waals surface area contributed by atoms with E-state index in [1.54, 1.807) is 19.1 Å². The van der Waals surface area contributed by atoms with Crippen LogP contribution in [0.4, 0.5) is 5.69 Å². The van der Waals surface area contributed by atoms with Crippen molar-refractivity contribution in [3.63, 3.8) is 0 Å². The van der Waals surface area contributed by atoms with Crippen molar-refractivity contribution in [2.45, 2.75) is 17.9 Å². The molecule has 1 rings (SSSR count). The fourth-order valence-corrected chi connectivity index (χ4v) is 2.28. The van der Waals surface area contributed by atoms with E-state index in [0.717, 1.165) is 11.8 Å². The van der Waals surface area contributed by atoms with Gasteiger partial charge in [-0.05, 0) is 13.0 Å². The zero-order valence-electron chi connectivity index (χ0n) is 8.92. The zero-order valence-corrected chi connectivity index (χ0v) is 11.3. The average Bonchev–Trinajstić information content (AvgIpc) is 2.26. The Morgan fingerprint density at radius 1 is 1.65 bits per heavy atom. The fraction of sp³-hybridized carbons (Fsp3) is 0.300. The molecule has 0 aliphatic rings. The minimum atomic E-state index is -0.922. The molecule has 0 aliphatic carbocycles. The van der Waals surface area contributed by atoms with Crippen LogP contribution in [-0.2, 0) is 10.5 Å². The highest BCUT2D eigenvalue weighted by Crippen LogP contribution is 2.28. The molecule has 5 nitrogen and oxygen atoms in total. The van der Waals surface area contributed by atoms with Crippen LogP contribution >= 0.6 is 27.7 Å². The summed E-state index contributed by atoms with van der Waals surface area (Å²) in [6, 6.07) is 4.75. The van der Waals surface area contributed by atoms with Gasteiger partial charge in [0.1, 0.15) is 0 Å². The van der Waals surface area contributed by atoms with Crippen LogP contribution < -0.4 is 0 Å². The number of halogens is 1. The number of carboxylic acids is 1. The maximum Gasteiger partial charge on any atom is 0.316 e. The number of benzene rings is 1. The number of thioether (sulfide) groups is 1. The smallest absolute Gasteiger partial charge is 0.316 e. The molecule has 0 radical (unpaired) electrons. The normalized spacial score (nSPS) is 12.1. The first-order valence-electron chi connectivity index (χ1n) is 4.69. The summed E-state index contributed by atoms with van der Waals surface area (Å²) in [6.07, 6.45) is 0. The summed E-state index contributed by atoms with van der Waals surface area (Å²) in [5.74, 6) is -0.619. The second-order valence-electron chi connectivity index (χ2n) is 3.32. The summed E-state index contributed by atoms with van der Waals surface area (Å²) in [6.45, 7) is 1.55. The molecule has 0 bridgehead atoms. The van der Waals surface area contributed by atoms with Crippen LogP contribution in [-0.4, -0.2) is 21.2 Å². The highest BCUT2D eigenvalue weighted by molar-refractivity contribution is 9.10. The van der Waals surface area contributed by atoms with Gasteiger partial charge in [-0.2, -0.15) is 0 Å². The molecular formula is C10H10BrNO4S. The highest BCUT2D eigenvalue weighted by Gasteiger charge is 2.17. The average molecular weight is 320 g/mol. The number of aliphatic carboxylic acids is 1. The molecule has 1 aromatic carbocycles. The molecule has 0 saturated carbocycles. The third-order valence-corrected chi connectivity index (χ3v) is 3.75. The van der Waals surface area contributed by atoms with Gasteiger partial charge in [0.15, 0.2) is 0 Å². The van der Waals surface area contributed by atoms with E-state index in [2.05, 4.69) is 15.9 Å². The van der Waals surface area contributed by atoms with Gasteiger partial charge in [-0.1, -0.05) is 22.0 Å². The lowest BCUT2D eigenvalue weighted by Crippen LogP contribution is -2.11. The molecule has 1 aromatic rings. The molecule has 0 saturated heterocycles. The standard InChI is InChI=1S/C10H10BrNO4S/c1-6(10(13)14)17-5-7-2-3-8(11)4-9(7)12(15)16/h2-4,6H,5H2,1H3,(H,13,14). The Balaban J connectivity index is 2.84. The van der Waals surface area contributed by atoms with E-state index in [4.69, 9.17) is 5.11 Å². The molecule has 7 heteroatoms. The molecular weight excluding hydrogens is 310 g/mol. The number of hydrogen-bond acceptors (Lipinski definition) is 4. The monoisotopic (exact) mass is 319 g/mol. The Hall–Kier alpha value is -1.08. The lowest BCUT2D eigenvalue weighted by atomic mass is 10.2. The van der Waals surface area contributed by atoms with Gasteiger partial charge in [0.2, 0.25) is 0 Å². The Morgan fingerprint density at radius 2 is 2.29 bits per heavy atom. The van der Waals surface area contributed by atoms with Crippen molar-refractivity contribution in [3.8, 4) is 0 Å². The van der Waals surface area contributed by atoms with Crippen LogP contribution in [0.3, 0.4) is 0 Å². The van der Waals surface area contributed by atoms with Crippen molar-refractivity contribution in [2.24, 2.45) is 0 Å². The van der Waals surface area contributed by atoms with Gasteiger partial charge in [0.25, 0.3) is 5.69 Å². The molecule has 17 heavy (non-hydrogen) atoms. The number of nitro benzene ring substituents is 1. The van der Waals surface area contributed by atoms with Crippen molar-refractivity contribution >= 4 is 39.3 Å². The third-order valence-electron chi connectivity index (χ3n) is 2.08. The van der Waals surface area contributed by atoms with Gasteiger partial charge in [-0.25, -0.2) is 0 Å². The molecule has 0 aromatic heterocycles. The minimum absolute atomic E-state index is 0.00413. The largest absolute Gasteiger partial charge is 0.480 e. The van der Waals surface area contributed by atoms with Crippen molar-refractivity contribution in [1.82, 2.24) is 0 Å². The fourth-order valence-electron chi connectivity index (χ4n) is 1.12. The van der Waals surface area contributed by atoms with Gasteiger partial charge < -0.3 is 5.11 Å². The van der Waals surface area contributed by atoms with Crippen molar-refractivity contribution in [3.05, 3.63) is 38.3 Å². The molecule has 1 N–H and O–H groups in total. The summed E-state index contributed by atoms with van der Waals surface area (Å²) in [5.41, 5.74) is 0.528. The van der Waals surface area contributed by atoms with Crippen LogP contribution in [0.5, 0.6) is 0 Å². The first-order chi connectivity index (χ1) is 7.91. The molecule has 1 unspecified atom stereocenters. The topological polar surface area (TPSA) is 80.4 Å². The molecule has 0 heterocycles. The molecule has 92 valence electrons. The summed E-state index contributed by atoms with van der Waals surface area (Å²) < 4.78 is 0.629. The van der Waals surface area contributed by atoms with E-state index in [1.165, 1.54) is 6.07 Å². The zero-order chi connectivity index (χ0) is 13.0. The SMILES string of the molecule is CC(SCc1ccc(Br)cc1[N+](=O)[O-])C(=O)O. The summed E-state index contributed by atoms with van der Waals surface area (Å²) in [7, 11) is 0. The van der Waals surface area contributed by atoms with E-state index < -0.39 is 16.1 Å². The van der Waals surface area contributed by atoms with E-state index in [1.807, 2.05) is 0 Å². The number of hydrogen-bond donors (Lipinski definition) is 1. The van der Waals surface area contributed by atoms with Gasteiger partial charge in [-0.15, -0.1) is 11.8 Å². The Kier molecular flexibility index (Phi) is 4.95. The van der Waals surface area contributed by atoms with Crippen molar-refractivity contribution in [2.75, 3.05) is 0 Å². The molecule has 0 fully saturated rings. The predicted octanol–water partition coefficient (Wildman–Crippen LogP) is 3.06. The van der Waals surface area contributed by atoms with E-state index in [9.17, 15) is 14.9 Å². The Bertz CT molecular complexity index is 452. The number of carbonyl (C=O) groups is 1. The van der Waals surface area contributed by atoms with Crippen LogP contribution in [0.25, 0.3) is 0 Å². The number of nitrogens with zero attached hydrogens (tertiary/aromatic N) is 1. The number of rotatable bonds is 5. The lowest BCUT2D eigenvalue weighted by Gasteiger charge is -2.06. The number of carboxylic acid groups (broad SMARTS) is 1. The predicted molar refractivity (Wildman–Crippen MR) is 69.2 cm³/mol. The van der Waals surface area contributed by atoms with Gasteiger partial charge in [0, 0.05) is 21.9 Å². The van der Waals surface area contributed by atoms with E-state index in [-0.39, 0.29) is 5.69 Å². The molecule has 0 amide bonds. The first-order valence-corrected chi connectivity index (χ1v) is 6.53. The van der Waals surface area contributed by atoms with Gasteiger partial charge in [-0.3, -0.25) is 14.9 Å². The van der Waals surface area contributed by atoms with Crippen LogP contribution in [0.2, 0.25) is 0 Å². The second-order valence-corrected chi connectivity index (χ2v) is 5.57. The molecule has 1 atom stereocenters. The lowest BCUT2D eigenvalue weighted by molar-refractivity contribution is -0.385. The molecule has 0 spiro atoms. The summed E-state index contributed by atoms with van der Waals surface area (Å²) in [5, 5.41) is 18.9.